The minimum absolute atomic E-state index is 0.0916. The Morgan fingerprint density at radius 1 is 1.19 bits per heavy atom. The van der Waals surface area contributed by atoms with Gasteiger partial charge in [-0.05, 0) is 24.6 Å². The number of benzene rings is 1. The van der Waals surface area contributed by atoms with Crippen LogP contribution in [0.4, 0.5) is 5.69 Å². The fraction of sp³-hybridized carbons (Fsp3) is 0.211. The number of rotatable bonds is 6. The van der Waals surface area contributed by atoms with Gasteiger partial charge in [0.1, 0.15) is 12.7 Å². The fourth-order valence-corrected chi connectivity index (χ4v) is 2.68. The highest BCUT2D eigenvalue weighted by Gasteiger charge is 2.18. The summed E-state index contributed by atoms with van der Waals surface area (Å²) >= 11 is 0. The Kier molecular flexibility index (Phi) is 5.55. The van der Waals surface area contributed by atoms with Crippen molar-refractivity contribution in [3.8, 4) is 5.82 Å². The molecule has 2 N–H and O–H groups in total. The molecule has 2 aromatic heterocycles. The van der Waals surface area contributed by atoms with Gasteiger partial charge in [0.2, 0.25) is 11.8 Å². The molecule has 0 bridgehead atoms. The molecule has 2 amide bonds. The summed E-state index contributed by atoms with van der Waals surface area (Å²) in [5.74, 6) is 0.0245. The van der Waals surface area contributed by atoms with Crippen LogP contribution in [0.2, 0.25) is 0 Å². The topological polar surface area (TPSA) is 102 Å². The van der Waals surface area contributed by atoms with Crippen LogP contribution >= 0.6 is 0 Å². The van der Waals surface area contributed by atoms with Gasteiger partial charge in [0.25, 0.3) is 0 Å². The molecule has 1 aromatic carbocycles. The molecule has 0 spiro atoms. The molecule has 0 saturated heterocycles. The molecule has 2 heterocycles. The van der Waals surface area contributed by atoms with Gasteiger partial charge in [-0.3, -0.25) is 9.59 Å². The molecule has 0 radical (unpaired) electrons. The van der Waals surface area contributed by atoms with Gasteiger partial charge in [-0.25, -0.2) is 14.6 Å². The lowest BCUT2D eigenvalue weighted by Crippen LogP contribution is -2.30. The van der Waals surface area contributed by atoms with E-state index in [1.807, 2.05) is 31.2 Å². The molecule has 0 saturated carbocycles. The quantitative estimate of drug-likeness (QED) is 0.698. The number of aromatic nitrogens is 4. The van der Waals surface area contributed by atoms with Gasteiger partial charge in [-0.2, -0.15) is 5.10 Å². The first kappa shape index (κ1) is 18.2. The Morgan fingerprint density at radius 3 is 2.63 bits per heavy atom. The lowest BCUT2D eigenvalue weighted by Gasteiger charge is -2.19. The van der Waals surface area contributed by atoms with Gasteiger partial charge in [0.05, 0.1) is 18.2 Å². The van der Waals surface area contributed by atoms with Crippen LogP contribution in [0.5, 0.6) is 0 Å². The number of pyridine rings is 1. The van der Waals surface area contributed by atoms with E-state index in [9.17, 15) is 9.59 Å². The molecule has 3 aromatic rings. The predicted molar refractivity (Wildman–Crippen MR) is 100 cm³/mol. The molecule has 138 valence electrons. The van der Waals surface area contributed by atoms with Crippen molar-refractivity contribution in [1.29, 1.82) is 0 Å². The molecule has 8 heteroatoms. The summed E-state index contributed by atoms with van der Waals surface area (Å²) in [6.07, 6.45) is 4.60. The zero-order chi connectivity index (χ0) is 19.2. The van der Waals surface area contributed by atoms with E-state index in [4.69, 9.17) is 0 Å². The highest BCUT2D eigenvalue weighted by atomic mass is 16.2. The average molecular weight is 364 g/mol. The summed E-state index contributed by atoms with van der Waals surface area (Å²) < 4.78 is 1.47. The van der Waals surface area contributed by atoms with Crippen molar-refractivity contribution in [3.05, 3.63) is 66.4 Å². The smallest absolute Gasteiger partial charge is 0.226 e. The molecule has 8 nitrogen and oxygen atoms in total. The molecule has 27 heavy (non-hydrogen) atoms. The first-order chi connectivity index (χ1) is 13.0. The Labute approximate surface area is 156 Å². The number of carbonyl (C=O) groups excluding carboxylic acids is 2. The predicted octanol–water partition coefficient (Wildman–Crippen LogP) is 2.18. The molecule has 1 atom stereocenters. The van der Waals surface area contributed by atoms with E-state index in [1.165, 1.54) is 24.3 Å². The maximum absolute atomic E-state index is 12.6. The van der Waals surface area contributed by atoms with Crippen LogP contribution in [0.3, 0.4) is 0 Å². The van der Waals surface area contributed by atoms with Crippen LogP contribution in [-0.4, -0.2) is 31.6 Å². The maximum Gasteiger partial charge on any atom is 0.226 e. The summed E-state index contributed by atoms with van der Waals surface area (Å²) in [6, 6.07) is 10.8. The molecule has 3 rings (SSSR count). The fourth-order valence-electron chi connectivity index (χ4n) is 2.68. The highest BCUT2D eigenvalue weighted by Crippen LogP contribution is 2.20. The van der Waals surface area contributed by atoms with Gasteiger partial charge in [-0.1, -0.05) is 29.8 Å². The second-order valence-corrected chi connectivity index (χ2v) is 6.13. The van der Waals surface area contributed by atoms with Gasteiger partial charge < -0.3 is 10.6 Å². The number of carbonyl (C=O) groups is 2. The Bertz CT molecular complexity index is 922. The van der Waals surface area contributed by atoms with Gasteiger partial charge >= 0.3 is 0 Å². The first-order valence-electron chi connectivity index (χ1n) is 8.46. The van der Waals surface area contributed by atoms with E-state index in [0.29, 0.717) is 11.5 Å². The van der Waals surface area contributed by atoms with E-state index in [2.05, 4.69) is 25.7 Å². The number of anilines is 1. The van der Waals surface area contributed by atoms with Crippen LogP contribution in [0.15, 0.2) is 55.2 Å². The van der Waals surface area contributed by atoms with Crippen molar-refractivity contribution in [3.63, 3.8) is 0 Å². The molecular weight excluding hydrogens is 344 g/mol. The summed E-state index contributed by atoms with van der Waals surface area (Å²) in [5, 5.41) is 9.72. The van der Waals surface area contributed by atoms with E-state index < -0.39 is 6.04 Å². The summed E-state index contributed by atoms with van der Waals surface area (Å²) in [5.41, 5.74) is 2.49. The van der Waals surface area contributed by atoms with Gasteiger partial charge in [0, 0.05) is 13.1 Å². The molecule has 0 fully saturated rings. The minimum atomic E-state index is -0.422. The highest BCUT2D eigenvalue weighted by molar-refractivity contribution is 5.93. The number of hydrogen-bond donors (Lipinski definition) is 2. The minimum Gasteiger partial charge on any atom is -0.349 e. The third-order valence-electron chi connectivity index (χ3n) is 3.94. The standard InChI is InChI=1S/C19H20N6O2/c1-13-5-7-15(8-6-13)17(23-14(2)26)10-18(27)24-16-4-3-9-21-19(16)25-12-20-11-22-25/h3-9,11-12,17H,10H2,1-2H3,(H,23,26)(H,24,27)/t17-/m1/s1. The van der Waals surface area contributed by atoms with Crippen LogP contribution < -0.4 is 10.6 Å². The molecule has 0 aliphatic rings. The zero-order valence-electron chi connectivity index (χ0n) is 15.1. The van der Waals surface area contributed by atoms with E-state index in [1.54, 1.807) is 18.3 Å². The Balaban J connectivity index is 1.77. The van der Waals surface area contributed by atoms with E-state index in [0.717, 1.165) is 11.1 Å². The van der Waals surface area contributed by atoms with Crippen LogP contribution in [-0.2, 0) is 9.59 Å². The summed E-state index contributed by atoms with van der Waals surface area (Å²) in [4.78, 5) is 32.3. The van der Waals surface area contributed by atoms with Crippen molar-refractivity contribution in [1.82, 2.24) is 25.1 Å². The molecular formula is C19H20N6O2. The summed E-state index contributed by atoms with van der Waals surface area (Å²) in [6.45, 7) is 3.42. The van der Waals surface area contributed by atoms with Crippen molar-refractivity contribution in [2.75, 3.05) is 5.32 Å². The number of aryl methyl sites for hydroxylation is 1. The largest absolute Gasteiger partial charge is 0.349 e. The lowest BCUT2D eigenvalue weighted by atomic mass is 10.0. The molecule has 0 aliphatic carbocycles. The van der Waals surface area contributed by atoms with E-state index >= 15 is 0 Å². The number of nitrogens with one attached hydrogen (secondary N) is 2. The van der Waals surface area contributed by atoms with Crippen LogP contribution in [0, 0.1) is 6.92 Å². The van der Waals surface area contributed by atoms with Gasteiger partial charge in [0.15, 0.2) is 5.82 Å². The molecule has 0 unspecified atom stereocenters. The van der Waals surface area contributed by atoms with E-state index in [-0.39, 0.29) is 18.2 Å². The second kappa shape index (κ2) is 8.22. The van der Waals surface area contributed by atoms with Crippen molar-refractivity contribution in [2.24, 2.45) is 0 Å². The third-order valence-corrected chi connectivity index (χ3v) is 3.94. The third kappa shape index (κ3) is 4.75. The normalized spacial score (nSPS) is 11.6. The van der Waals surface area contributed by atoms with Crippen LogP contribution in [0.1, 0.15) is 30.5 Å². The molecule has 0 aliphatic heterocycles. The average Bonchev–Trinajstić information content (AvgIpc) is 3.16. The number of amides is 2. The first-order valence-corrected chi connectivity index (χ1v) is 8.46. The van der Waals surface area contributed by atoms with Crippen molar-refractivity contribution in [2.45, 2.75) is 26.3 Å². The SMILES string of the molecule is CC(=O)N[C@H](CC(=O)Nc1cccnc1-n1cncn1)c1ccc(C)cc1. The number of nitrogens with zero attached hydrogens (tertiary/aromatic N) is 4. The second-order valence-electron chi connectivity index (χ2n) is 6.13. The lowest BCUT2D eigenvalue weighted by molar-refractivity contribution is -0.120. The Morgan fingerprint density at radius 2 is 1.96 bits per heavy atom. The van der Waals surface area contributed by atoms with Crippen molar-refractivity contribution >= 4 is 17.5 Å². The zero-order valence-corrected chi connectivity index (χ0v) is 15.1. The maximum atomic E-state index is 12.6. The van der Waals surface area contributed by atoms with Crippen LogP contribution in [0.25, 0.3) is 5.82 Å². The monoisotopic (exact) mass is 364 g/mol. The van der Waals surface area contributed by atoms with Gasteiger partial charge in [-0.15, -0.1) is 0 Å². The van der Waals surface area contributed by atoms with Crippen molar-refractivity contribution < 1.29 is 9.59 Å². The summed E-state index contributed by atoms with van der Waals surface area (Å²) in [7, 11) is 0. The number of hydrogen-bond acceptors (Lipinski definition) is 5. The Hall–Kier alpha value is -3.55.